The Morgan fingerprint density at radius 1 is 1.35 bits per heavy atom. The molecule has 4 nitrogen and oxygen atoms in total. The van der Waals surface area contributed by atoms with E-state index in [1.54, 1.807) is 0 Å². The van der Waals surface area contributed by atoms with Gasteiger partial charge in [0.15, 0.2) is 6.29 Å². The van der Waals surface area contributed by atoms with Gasteiger partial charge < -0.3 is 14.8 Å². The van der Waals surface area contributed by atoms with Gasteiger partial charge in [0.1, 0.15) is 5.75 Å². The minimum absolute atomic E-state index is 0.0749. The minimum atomic E-state index is -0.164. The topological polar surface area (TPSA) is 47.6 Å². The van der Waals surface area contributed by atoms with Crippen molar-refractivity contribution in [2.24, 2.45) is 5.92 Å². The lowest BCUT2D eigenvalue weighted by Crippen LogP contribution is -2.36. The van der Waals surface area contributed by atoms with Crippen LogP contribution in [-0.2, 0) is 9.53 Å². The molecule has 1 fully saturated rings. The van der Waals surface area contributed by atoms with Crippen molar-refractivity contribution < 1.29 is 14.3 Å². The molecule has 1 aliphatic rings. The molecular weight excluding hydrogens is 254 g/mol. The highest BCUT2D eigenvalue weighted by Gasteiger charge is 2.28. The number of hydrogen-bond acceptors (Lipinski definition) is 3. The van der Waals surface area contributed by atoms with Gasteiger partial charge in [0.05, 0.1) is 6.10 Å². The molecule has 2 rings (SSSR count). The second-order valence-corrected chi connectivity index (χ2v) is 5.39. The van der Waals surface area contributed by atoms with E-state index in [9.17, 15) is 4.79 Å². The lowest BCUT2D eigenvalue weighted by Gasteiger charge is -2.34. The second kappa shape index (κ2) is 6.75. The number of rotatable bonds is 4. The van der Waals surface area contributed by atoms with Crippen LogP contribution >= 0.6 is 0 Å². The van der Waals surface area contributed by atoms with Crippen molar-refractivity contribution in [1.29, 1.82) is 0 Å². The largest absolute Gasteiger partial charge is 0.465 e. The van der Waals surface area contributed by atoms with E-state index in [0.29, 0.717) is 5.92 Å². The molecule has 1 amide bonds. The summed E-state index contributed by atoms with van der Waals surface area (Å²) in [6.07, 6.45) is 3.19. The Labute approximate surface area is 120 Å². The van der Waals surface area contributed by atoms with E-state index in [2.05, 4.69) is 19.2 Å². The van der Waals surface area contributed by atoms with E-state index in [1.165, 1.54) is 6.92 Å². The number of carbonyl (C=O) groups is 1. The first-order chi connectivity index (χ1) is 9.58. The summed E-state index contributed by atoms with van der Waals surface area (Å²) >= 11 is 0. The SMILES string of the molecule is CC[C@H]1O[C@H](Oc2ccc(NC(C)=O)cc2)CC[C@@H]1C. The summed E-state index contributed by atoms with van der Waals surface area (Å²) in [6, 6.07) is 7.38. The maximum atomic E-state index is 11.0. The number of amides is 1. The minimum Gasteiger partial charge on any atom is -0.465 e. The molecule has 1 aromatic rings. The van der Waals surface area contributed by atoms with Gasteiger partial charge in [0.25, 0.3) is 0 Å². The molecule has 0 radical (unpaired) electrons. The van der Waals surface area contributed by atoms with Gasteiger partial charge >= 0.3 is 0 Å². The summed E-state index contributed by atoms with van der Waals surface area (Å²) in [5, 5.41) is 2.73. The quantitative estimate of drug-likeness (QED) is 0.915. The highest BCUT2D eigenvalue weighted by molar-refractivity contribution is 5.88. The summed E-state index contributed by atoms with van der Waals surface area (Å²) in [4.78, 5) is 11.0. The molecule has 1 saturated heterocycles. The van der Waals surface area contributed by atoms with Crippen molar-refractivity contribution in [3.8, 4) is 5.75 Å². The smallest absolute Gasteiger partial charge is 0.221 e. The van der Waals surface area contributed by atoms with Gasteiger partial charge in [0, 0.05) is 19.0 Å². The van der Waals surface area contributed by atoms with Gasteiger partial charge in [0.2, 0.25) is 5.91 Å². The predicted octanol–water partition coefficient (Wildman–Crippen LogP) is 3.58. The number of anilines is 1. The highest BCUT2D eigenvalue weighted by atomic mass is 16.7. The van der Waals surface area contributed by atoms with E-state index in [1.807, 2.05) is 24.3 Å². The van der Waals surface area contributed by atoms with Gasteiger partial charge in [-0.1, -0.05) is 13.8 Å². The van der Waals surface area contributed by atoms with Crippen molar-refractivity contribution in [1.82, 2.24) is 0 Å². The van der Waals surface area contributed by atoms with E-state index in [0.717, 1.165) is 30.7 Å². The van der Waals surface area contributed by atoms with Crippen LogP contribution in [0.2, 0.25) is 0 Å². The van der Waals surface area contributed by atoms with Crippen LogP contribution in [0.1, 0.15) is 40.0 Å². The van der Waals surface area contributed by atoms with Crippen molar-refractivity contribution in [3.63, 3.8) is 0 Å². The number of hydrogen-bond donors (Lipinski definition) is 1. The van der Waals surface area contributed by atoms with Crippen molar-refractivity contribution in [2.45, 2.75) is 52.4 Å². The normalized spacial score (nSPS) is 26.1. The molecule has 110 valence electrons. The van der Waals surface area contributed by atoms with Gasteiger partial charge in [-0.25, -0.2) is 0 Å². The summed E-state index contributed by atoms with van der Waals surface area (Å²) in [5.74, 6) is 1.30. The van der Waals surface area contributed by atoms with Crippen molar-refractivity contribution in [3.05, 3.63) is 24.3 Å². The number of carbonyl (C=O) groups excluding carboxylic acids is 1. The van der Waals surface area contributed by atoms with Crippen LogP contribution in [0, 0.1) is 5.92 Å². The van der Waals surface area contributed by atoms with Crippen LogP contribution < -0.4 is 10.1 Å². The Morgan fingerprint density at radius 2 is 2.05 bits per heavy atom. The standard InChI is InChI=1S/C16H23NO3/c1-4-15-11(2)5-10-16(20-15)19-14-8-6-13(7-9-14)17-12(3)18/h6-9,11,15-16H,4-5,10H2,1-3H3,(H,17,18)/t11-,15+,16-/m0/s1. The Bertz CT molecular complexity index is 444. The van der Waals surface area contributed by atoms with Gasteiger partial charge in [-0.2, -0.15) is 0 Å². The highest BCUT2D eigenvalue weighted by Crippen LogP contribution is 2.28. The lowest BCUT2D eigenvalue weighted by molar-refractivity contribution is -0.166. The summed E-state index contributed by atoms with van der Waals surface area (Å²) in [6.45, 7) is 5.87. The van der Waals surface area contributed by atoms with Gasteiger partial charge in [-0.15, -0.1) is 0 Å². The maximum absolute atomic E-state index is 11.0. The zero-order chi connectivity index (χ0) is 14.5. The van der Waals surface area contributed by atoms with Crippen LogP contribution in [0.4, 0.5) is 5.69 Å². The molecule has 0 spiro atoms. The van der Waals surface area contributed by atoms with Crippen LogP contribution in [0.5, 0.6) is 5.75 Å². The fraction of sp³-hybridized carbons (Fsp3) is 0.562. The van der Waals surface area contributed by atoms with Gasteiger partial charge in [-0.05, 0) is 43.0 Å². The first-order valence-corrected chi connectivity index (χ1v) is 7.28. The molecule has 1 aromatic carbocycles. The number of benzene rings is 1. The monoisotopic (exact) mass is 277 g/mol. The maximum Gasteiger partial charge on any atom is 0.221 e. The Balaban J connectivity index is 1.91. The van der Waals surface area contributed by atoms with Gasteiger partial charge in [-0.3, -0.25) is 4.79 Å². The third-order valence-corrected chi connectivity index (χ3v) is 3.66. The zero-order valence-electron chi connectivity index (χ0n) is 12.4. The van der Waals surface area contributed by atoms with E-state index < -0.39 is 0 Å². The fourth-order valence-electron chi connectivity index (χ4n) is 2.54. The average Bonchev–Trinajstić information content (AvgIpc) is 2.42. The molecular formula is C16H23NO3. The van der Waals surface area contributed by atoms with E-state index in [4.69, 9.17) is 9.47 Å². The molecule has 0 bridgehead atoms. The Hall–Kier alpha value is -1.55. The summed E-state index contributed by atoms with van der Waals surface area (Å²) < 4.78 is 11.8. The summed E-state index contributed by atoms with van der Waals surface area (Å²) in [5.41, 5.74) is 0.773. The predicted molar refractivity (Wildman–Crippen MR) is 78.7 cm³/mol. The Morgan fingerprint density at radius 3 is 2.65 bits per heavy atom. The molecule has 0 saturated carbocycles. The zero-order valence-corrected chi connectivity index (χ0v) is 12.4. The number of nitrogens with one attached hydrogen (secondary N) is 1. The van der Waals surface area contributed by atoms with Crippen LogP contribution in [0.25, 0.3) is 0 Å². The molecule has 0 aromatic heterocycles. The molecule has 1 aliphatic heterocycles. The fourth-order valence-corrected chi connectivity index (χ4v) is 2.54. The lowest BCUT2D eigenvalue weighted by atomic mass is 9.94. The van der Waals surface area contributed by atoms with Crippen molar-refractivity contribution in [2.75, 3.05) is 5.32 Å². The number of ether oxygens (including phenoxy) is 2. The van der Waals surface area contributed by atoms with E-state index >= 15 is 0 Å². The molecule has 4 heteroatoms. The van der Waals surface area contributed by atoms with E-state index in [-0.39, 0.29) is 18.3 Å². The second-order valence-electron chi connectivity index (χ2n) is 5.39. The third kappa shape index (κ3) is 3.97. The molecule has 20 heavy (non-hydrogen) atoms. The average molecular weight is 277 g/mol. The molecule has 0 aliphatic carbocycles. The molecule has 1 heterocycles. The first kappa shape index (κ1) is 14.9. The molecule has 0 unspecified atom stereocenters. The summed E-state index contributed by atoms with van der Waals surface area (Å²) in [7, 11) is 0. The first-order valence-electron chi connectivity index (χ1n) is 7.28. The van der Waals surface area contributed by atoms with Crippen LogP contribution in [-0.4, -0.2) is 18.3 Å². The third-order valence-electron chi connectivity index (χ3n) is 3.66. The van der Waals surface area contributed by atoms with Crippen LogP contribution in [0.15, 0.2) is 24.3 Å². The van der Waals surface area contributed by atoms with Crippen molar-refractivity contribution >= 4 is 11.6 Å². The molecule has 1 N–H and O–H groups in total. The van der Waals surface area contributed by atoms with Crippen LogP contribution in [0.3, 0.4) is 0 Å². The molecule has 3 atom stereocenters. The Kier molecular flexibility index (Phi) is 5.01.